The predicted octanol–water partition coefficient (Wildman–Crippen LogP) is 3.45. The zero-order chi connectivity index (χ0) is 16.7. The molecule has 0 fully saturated rings. The average molecular weight is 315 g/mol. The smallest absolute Gasteiger partial charge is 0.349 e. The zero-order valence-corrected chi connectivity index (χ0v) is 13.6. The Kier molecular flexibility index (Phi) is 6.11. The van der Waals surface area contributed by atoms with Crippen molar-refractivity contribution in [3.8, 4) is 11.6 Å². The van der Waals surface area contributed by atoms with Gasteiger partial charge in [-0.25, -0.2) is 9.78 Å². The van der Waals surface area contributed by atoms with E-state index in [0.717, 1.165) is 5.56 Å². The molecule has 1 heterocycles. The quantitative estimate of drug-likeness (QED) is 0.445. The number of methoxy groups -OCH3 is 1. The molecule has 0 N–H and O–H groups in total. The Morgan fingerprint density at radius 1 is 1.13 bits per heavy atom. The van der Waals surface area contributed by atoms with E-state index in [0.29, 0.717) is 24.5 Å². The molecular weight excluding hydrogens is 294 g/mol. The van der Waals surface area contributed by atoms with E-state index in [9.17, 15) is 4.79 Å². The molecule has 2 rings (SSSR count). The van der Waals surface area contributed by atoms with Crippen LogP contribution < -0.4 is 9.47 Å². The van der Waals surface area contributed by atoms with Crippen molar-refractivity contribution in [2.75, 3.05) is 20.3 Å². The minimum atomic E-state index is -0.487. The number of carbonyl (C=O) groups excluding carboxylic acids is 1. The lowest BCUT2D eigenvalue weighted by Crippen LogP contribution is -2.14. The predicted molar refractivity (Wildman–Crippen MR) is 87.1 cm³/mol. The van der Waals surface area contributed by atoms with Gasteiger partial charge in [-0.15, -0.1) is 0 Å². The SMILES string of the molecule is COCCOc1ncccc1C(=O)Oc1ccccc1C(C)C. The highest BCUT2D eigenvalue weighted by Crippen LogP contribution is 2.27. The summed E-state index contributed by atoms with van der Waals surface area (Å²) >= 11 is 0. The van der Waals surface area contributed by atoms with E-state index in [-0.39, 0.29) is 11.8 Å². The van der Waals surface area contributed by atoms with Crippen molar-refractivity contribution in [2.45, 2.75) is 19.8 Å². The van der Waals surface area contributed by atoms with Crippen LogP contribution in [0.1, 0.15) is 35.7 Å². The van der Waals surface area contributed by atoms with Crippen molar-refractivity contribution in [3.05, 3.63) is 53.7 Å². The van der Waals surface area contributed by atoms with Crippen LogP contribution in [0.3, 0.4) is 0 Å². The maximum absolute atomic E-state index is 12.5. The van der Waals surface area contributed by atoms with E-state index < -0.39 is 5.97 Å². The van der Waals surface area contributed by atoms with Crippen LogP contribution in [0.5, 0.6) is 11.6 Å². The number of ether oxygens (including phenoxy) is 3. The fraction of sp³-hybridized carbons (Fsp3) is 0.333. The number of pyridine rings is 1. The summed E-state index contributed by atoms with van der Waals surface area (Å²) in [6.07, 6.45) is 1.57. The Morgan fingerprint density at radius 2 is 1.91 bits per heavy atom. The number of aromatic nitrogens is 1. The molecule has 0 atom stereocenters. The molecule has 1 aromatic heterocycles. The minimum Gasteiger partial charge on any atom is -0.475 e. The second-order valence-corrected chi connectivity index (χ2v) is 5.28. The van der Waals surface area contributed by atoms with Gasteiger partial charge in [0, 0.05) is 13.3 Å². The van der Waals surface area contributed by atoms with E-state index in [1.165, 1.54) is 0 Å². The maximum Gasteiger partial charge on any atom is 0.349 e. The van der Waals surface area contributed by atoms with Gasteiger partial charge in [0.2, 0.25) is 5.88 Å². The molecule has 23 heavy (non-hydrogen) atoms. The van der Waals surface area contributed by atoms with Gasteiger partial charge in [-0.05, 0) is 29.7 Å². The van der Waals surface area contributed by atoms with Crippen molar-refractivity contribution in [2.24, 2.45) is 0 Å². The van der Waals surface area contributed by atoms with Gasteiger partial charge in [0.05, 0.1) is 6.61 Å². The van der Waals surface area contributed by atoms with Crippen LogP contribution in [0.2, 0.25) is 0 Å². The van der Waals surface area contributed by atoms with Gasteiger partial charge in [0.25, 0.3) is 0 Å². The molecule has 0 aliphatic carbocycles. The van der Waals surface area contributed by atoms with Crippen LogP contribution in [0.4, 0.5) is 0 Å². The molecule has 0 bridgehead atoms. The molecule has 0 radical (unpaired) electrons. The van der Waals surface area contributed by atoms with Crippen molar-refractivity contribution in [1.82, 2.24) is 4.98 Å². The maximum atomic E-state index is 12.5. The van der Waals surface area contributed by atoms with Crippen LogP contribution in [-0.2, 0) is 4.74 Å². The van der Waals surface area contributed by atoms with Gasteiger partial charge < -0.3 is 14.2 Å². The molecule has 0 saturated heterocycles. The number of para-hydroxylation sites is 1. The molecule has 2 aromatic rings. The third-order valence-electron chi connectivity index (χ3n) is 3.26. The molecule has 0 saturated carbocycles. The molecule has 0 aliphatic heterocycles. The molecule has 1 aromatic carbocycles. The van der Waals surface area contributed by atoms with E-state index in [2.05, 4.69) is 18.8 Å². The highest BCUT2D eigenvalue weighted by molar-refractivity contribution is 5.93. The molecule has 0 spiro atoms. The van der Waals surface area contributed by atoms with Gasteiger partial charge >= 0.3 is 5.97 Å². The lowest BCUT2D eigenvalue weighted by molar-refractivity contribution is 0.0724. The van der Waals surface area contributed by atoms with Crippen molar-refractivity contribution >= 4 is 5.97 Å². The first kappa shape index (κ1) is 17.0. The highest BCUT2D eigenvalue weighted by atomic mass is 16.5. The third kappa shape index (κ3) is 4.53. The van der Waals surface area contributed by atoms with Crippen LogP contribution >= 0.6 is 0 Å². The summed E-state index contributed by atoms with van der Waals surface area (Å²) in [5.41, 5.74) is 1.27. The minimum absolute atomic E-state index is 0.247. The van der Waals surface area contributed by atoms with Gasteiger partial charge in [-0.3, -0.25) is 0 Å². The Balaban J connectivity index is 2.18. The summed E-state index contributed by atoms with van der Waals surface area (Å²) in [7, 11) is 1.58. The topological polar surface area (TPSA) is 57.7 Å². The molecule has 5 nitrogen and oxygen atoms in total. The first-order valence-electron chi connectivity index (χ1n) is 7.51. The van der Waals surface area contributed by atoms with E-state index in [1.807, 2.05) is 18.2 Å². The first-order chi connectivity index (χ1) is 11.1. The Hall–Kier alpha value is -2.40. The second kappa shape index (κ2) is 8.29. The fourth-order valence-electron chi connectivity index (χ4n) is 2.09. The number of carbonyl (C=O) groups is 1. The van der Waals surface area contributed by atoms with Crippen LogP contribution in [-0.4, -0.2) is 31.3 Å². The number of benzene rings is 1. The summed E-state index contributed by atoms with van der Waals surface area (Å²) in [6, 6.07) is 10.8. The molecular formula is C18H21NO4. The van der Waals surface area contributed by atoms with Crippen LogP contribution in [0.15, 0.2) is 42.6 Å². The summed E-state index contributed by atoms with van der Waals surface area (Å²) in [5.74, 6) is 0.569. The van der Waals surface area contributed by atoms with Gasteiger partial charge in [-0.1, -0.05) is 32.0 Å². The van der Waals surface area contributed by atoms with Crippen molar-refractivity contribution in [1.29, 1.82) is 0 Å². The monoisotopic (exact) mass is 315 g/mol. The van der Waals surface area contributed by atoms with E-state index in [1.54, 1.807) is 31.5 Å². The number of nitrogens with zero attached hydrogens (tertiary/aromatic N) is 1. The molecule has 0 aliphatic rings. The highest BCUT2D eigenvalue weighted by Gasteiger charge is 2.18. The van der Waals surface area contributed by atoms with E-state index >= 15 is 0 Å². The molecule has 5 heteroatoms. The summed E-state index contributed by atoms with van der Waals surface area (Å²) in [6.45, 7) is 4.84. The van der Waals surface area contributed by atoms with Crippen LogP contribution in [0.25, 0.3) is 0 Å². The average Bonchev–Trinajstić information content (AvgIpc) is 2.56. The van der Waals surface area contributed by atoms with E-state index in [4.69, 9.17) is 14.2 Å². The van der Waals surface area contributed by atoms with Gasteiger partial charge in [-0.2, -0.15) is 0 Å². The standard InChI is InChI=1S/C18H21NO4/c1-13(2)14-7-4-5-9-16(14)23-18(20)15-8-6-10-19-17(15)22-12-11-21-3/h4-10,13H,11-12H2,1-3H3. The number of hydrogen-bond donors (Lipinski definition) is 0. The van der Waals surface area contributed by atoms with Crippen molar-refractivity contribution in [3.63, 3.8) is 0 Å². The molecule has 0 amide bonds. The molecule has 122 valence electrons. The summed E-state index contributed by atoms with van der Waals surface area (Å²) in [5, 5.41) is 0. The number of hydrogen-bond acceptors (Lipinski definition) is 5. The number of rotatable bonds is 7. The summed E-state index contributed by atoms with van der Waals surface area (Å²) in [4.78, 5) is 16.6. The Labute approximate surface area is 136 Å². The Morgan fingerprint density at radius 3 is 2.65 bits per heavy atom. The first-order valence-corrected chi connectivity index (χ1v) is 7.51. The fourth-order valence-corrected chi connectivity index (χ4v) is 2.09. The Bertz CT molecular complexity index is 655. The lowest BCUT2D eigenvalue weighted by atomic mass is 10.0. The normalized spacial score (nSPS) is 10.6. The van der Waals surface area contributed by atoms with Gasteiger partial charge in [0.1, 0.15) is 17.9 Å². The lowest BCUT2D eigenvalue weighted by Gasteiger charge is -2.13. The summed E-state index contributed by atoms with van der Waals surface area (Å²) < 4.78 is 16.0. The number of esters is 1. The van der Waals surface area contributed by atoms with Crippen molar-refractivity contribution < 1.29 is 19.0 Å². The van der Waals surface area contributed by atoms with Crippen LogP contribution in [0, 0.1) is 0 Å². The largest absolute Gasteiger partial charge is 0.475 e. The zero-order valence-electron chi connectivity index (χ0n) is 13.6. The van der Waals surface area contributed by atoms with Gasteiger partial charge in [0.15, 0.2) is 0 Å². The molecule has 0 unspecified atom stereocenters. The second-order valence-electron chi connectivity index (χ2n) is 5.28. The third-order valence-corrected chi connectivity index (χ3v) is 3.26.